The first-order valence-electron chi connectivity index (χ1n) is 5.92. The minimum absolute atomic E-state index is 0.275. The Kier molecular flexibility index (Phi) is 3.25. The Morgan fingerprint density at radius 1 is 1.11 bits per heavy atom. The smallest absolute Gasteiger partial charge is 0.137 e. The molecule has 4 heteroatoms. The van der Waals surface area contributed by atoms with Crippen LogP contribution in [0.2, 0.25) is 5.02 Å². The van der Waals surface area contributed by atoms with E-state index in [-0.39, 0.29) is 5.82 Å². The average molecular weight is 297 g/mol. The van der Waals surface area contributed by atoms with Crippen LogP contribution in [0.15, 0.2) is 48.5 Å². The first-order valence-corrected chi connectivity index (χ1v) is 6.73. The lowest BCUT2D eigenvalue weighted by Crippen LogP contribution is -2.16. The van der Waals surface area contributed by atoms with Crippen LogP contribution in [-0.4, -0.2) is 6.61 Å². The van der Waals surface area contributed by atoms with Crippen molar-refractivity contribution in [3.63, 3.8) is 0 Å². The van der Waals surface area contributed by atoms with Gasteiger partial charge in [-0.15, -0.1) is 11.6 Å². The fraction of sp³-hybridized carbons (Fsp3) is 0.200. The van der Waals surface area contributed by atoms with Crippen LogP contribution in [0, 0.1) is 5.82 Å². The molecule has 2 aromatic carbocycles. The van der Waals surface area contributed by atoms with E-state index in [1.54, 1.807) is 18.2 Å². The van der Waals surface area contributed by atoms with Crippen molar-refractivity contribution in [2.75, 3.05) is 6.61 Å². The molecule has 98 valence electrons. The molecule has 0 spiro atoms. The van der Waals surface area contributed by atoms with Gasteiger partial charge < -0.3 is 4.74 Å². The number of benzene rings is 2. The van der Waals surface area contributed by atoms with Gasteiger partial charge in [0.2, 0.25) is 0 Å². The average Bonchev–Trinajstić information content (AvgIpc) is 3.21. The van der Waals surface area contributed by atoms with E-state index >= 15 is 0 Å². The van der Waals surface area contributed by atoms with E-state index in [2.05, 4.69) is 0 Å². The molecule has 1 heterocycles. The van der Waals surface area contributed by atoms with Crippen LogP contribution < -0.4 is 0 Å². The fourth-order valence-corrected chi connectivity index (χ4v) is 2.94. The number of halogens is 3. The fourth-order valence-electron chi connectivity index (χ4n) is 2.20. The van der Waals surface area contributed by atoms with Gasteiger partial charge in [0.25, 0.3) is 0 Å². The van der Waals surface area contributed by atoms with E-state index in [1.165, 1.54) is 12.1 Å². The molecule has 0 aromatic heterocycles. The third kappa shape index (κ3) is 2.25. The van der Waals surface area contributed by atoms with Crippen molar-refractivity contribution >= 4 is 23.2 Å². The van der Waals surface area contributed by atoms with E-state index in [0.717, 1.165) is 11.1 Å². The SMILES string of the molecule is Fc1ccc(C2(C(Cl)c3ccccc3Cl)CO2)cc1. The molecule has 1 saturated heterocycles. The Labute approximate surface area is 120 Å². The summed E-state index contributed by atoms with van der Waals surface area (Å²) in [6, 6.07) is 13.7. The van der Waals surface area contributed by atoms with Gasteiger partial charge in [-0.2, -0.15) is 0 Å². The topological polar surface area (TPSA) is 12.5 Å². The lowest BCUT2D eigenvalue weighted by molar-refractivity contribution is 0.300. The third-order valence-electron chi connectivity index (χ3n) is 3.38. The molecule has 0 aliphatic carbocycles. The molecular weight excluding hydrogens is 286 g/mol. The summed E-state index contributed by atoms with van der Waals surface area (Å²) in [4.78, 5) is 0. The third-order valence-corrected chi connectivity index (χ3v) is 4.31. The van der Waals surface area contributed by atoms with Crippen LogP contribution in [0.5, 0.6) is 0 Å². The van der Waals surface area contributed by atoms with Crippen LogP contribution in [0.3, 0.4) is 0 Å². The van der Waals surface area contributed by atoms with Gasteiger partial charge in [0, 0.05) is 5.02 Å². The second kappa shape index (κ2) is 4.78. The van der Waals surface area contributed by atoms with Crippen molar-refractivity contribution in [3.8, 4) is 0 Å². The van der Waals surface area contributed by atoms with E-state index < -0.39 is 11.0 Å². The molecule has 0 amide bonds. The van der Waals surface area contributed by atoms with Gasteiger partial charge in [-0.05, 0) is 29.3 Å². The number of hydrogen-bond acceptors (Lipinski definition) is 1. The van der Waals surface area contributed by atoms with Crippen molar-refractivity contribution in [3.05, 3.63) is 70.5 Å². The molecular formula is C15H11Cl2FO. The van der Waals surface area contributed by atoms with Crippen LogP contribution in [-0.2, 0) is 10.3 Å². The normalized spacial score (nSPS) is 23.1. The number of rotatable bonds is 3. The summed E-state index contributed by atoms with van der Waals surface area (Å²) in [6.07, 6.45) is 0. The van der Waals surface area contributed by atoms with E-state index in [4.69, 9.17) is 27.9 Å². The van der Waals surface area contributed by atoms with E-state index in [0.29, 0.717) is 11.6 Å². The Morgan fingerprint density at radius 2 is 1.74 bits per heavy atom. The summed E-state index contributed by atoms with van der Waals surface area (Å²) < 4.78 is 18.6. The van der Waals surface area contributed by atoms with Crippen molar-refractivity contribution in [2.24, 2.45) is 0 Å². The van der Waals surface area contributed by atoms with Gasteiger partial charge in [0.1, 0.15) is 11.4 Å². The zero-order valence-electron chi connectivity index (χ0n) is 9.95. The van der Waals surface area contributed by atoms with E-state index in [1.807, 2.05) is 18.2 Å². The largest absolute Gasteiger partial charge is 0.362 e. The summed E-state index contributed by atoms with van der Waals surface area (Å²) in [5.74, 6) is -0.275. The highest BCUT2D eigenvalue weighted by molar-refractivity contribution is 6.33. The van der Waals surface area contributed by atoms with Crippen LogP contribution in [0.4, 0.5) is 4.39 Å². The Hall–Kier alpha value is -1.09. The van der Waals surface area contributed by atoms with Gasteiger partial charge in [0.15, 0.2) is 0 Å². The van der Waals surface area contributed by atoms with Crippen molar-refractivity contribution in [1.29, 1.82) is 0 Å². The molecule has 1 fully saturated rings. The van der Waals surface area contributed by atoms with Crippen LogP contribution in [0.25, 0.3) is 0 Å². The maximum absolute atomic E-state index is 13.0. The summed E-state index contributed by atoms with van der Waals surface area (Å²) in [6.45, 7) is 0.512. The van der Waals surface area contributed by atoms with Crippen molar-refractivity contribution in [1.82, 2.24) is 0 Å². The van der Waals surface area contributed by atoms with Crippen molar-refractivity contribution in [2.45, 2.75) is 11.0 Å². The second-order valence-electron chi connectivity index (χ2n) is 4.57. The zero-order valence-corrected chi connectivity index (χ0v) is 11.5. The van der Waals surface area contributed by atoms with Crippen LogP contribution in [0.1, 0.15) is 16.5 Å². The molecule has 19 heavy (non-hydrogen) atoms. The first kappa shape index (κ1) is 12.9. The predicted octanol–water partition coefficient (Wildman–Crippen LogP) is 4.68. The minimum Gasteiger partial charge on any atom is -0.362 e. The highest BCUT2D eigenvalue weighted by Gasteiger charge is 2.53. The summed E-state index contributed by atoms with van der Waals surface area (Å²) in [5, 5.41) is 0.214. The highest BCUT2D eigenvalue weighted by Crippen LogP contribution is 2.53. The molecule has 3 rings (SSSR count). The summed E-state index contributed by atoms with van der Waals surface area (Å²) in [7, 11) is 0. The standard InChI is InChI=1S/C15H11Cl2FO/c16-13-4-2-1-3-12(13)14(17)15(9-19-15)10-5-7-11(18)8-6-10/h1-8,14H,9H2. The second-order valence-corrected chi connectivity index (χ2v) is 5.41. The summed E-state index contributed by atoms with van der Waals surface area (Å²) >= 11 is 12.7. The summed E-state index contributed by atoms with van der Waals surface area (Å²) in [5.41, 5.74) is 1.10. The molecule has 2 atom stereocenters. The Morgan fingerprint density at radius 3 is 2.32 bits per heavy atom. The van der Waals surface area contributed by atoms with Gasteiger partial charge in [0.05, 0.1) is 12.0 Å². The van der Waals surface area contributed by atoms with Gasteiger partial charge in [-0.3, -0.25) is 0 Å². The lowest BCUT2D eigenvalue weighted by atomic mass is 9.92. The monoisotopic (exact) mass is 296 g/mol. The predicted molar refractivity (Wildman–Crippen MR) is 74.1 cm³/mol. The van der Waals surface area contributed by atoms with Gasteiger partial charge >= 0.3 is 0 Å². The van der Waals surface area contributed by atoms with Gasteiger partial charge in [-0.25, -0.2) is 4.39 Å². The molecule has 2 unspecified atom stereocenters. The molecule has 0 saturated carbocycles. The van der Waals surface area contributed by atoms with Gasteiger partial charge in [-0.1, -0.05) is 41.9 Å². The number of alkyl halides is 1. The molecule has 1 aliphatic rings. The quantitative estimate of drug-likeness (QED) is 0.591. The Balaban J connectivity index is 1.97. The first-order chi connectivity index (χ1) is 9.13. The highest BCUT2D eigenvalue weighted by atomic mass is 35.5. The minimum atomic E-state index is -0.597. The molecule has 2 aromatic rings. The zero-order chi connectivity index (χ0) is 13.5. The van der Waals surface area contributed by atoms with Crippen LogP contribution >= 0.6 is 23.2 Å². The molecule has 1 nitrogen and oxygen atoms in total. The lowest BCUT2D eigenvalue weighted by Gasteiger charge is -2.20. The van der Waals surface area contributed by atoms with Crippen molar-refractivity contribution < 1.29 is 9.13 Å². The van der Waals surface area contributed by atoms with E-state index in [9.17, 15) is 4.39 Å². The number of ether oxygens (including phenoxy) is 1. The Bertz CT molecular complexity index is 593. The molecule has 0 N–H and O–H groups in total. The number of hydrogen-bond donors (Lipinski definition) is 0. The molecule has 1 aliphatic heterocycles. The molecule has 0 bridgehead atoms. The molecule has 0 radical (unpaired) electrons. The number of epoxide rings is 1. The maximum Gasteiger partial charge on any atom is 0.137 e. The maximum atomic E-state index is 13.0.